The first kappa shape index (κ1) is 17.3. The number of hydrogen-bond acceptors (Lipinski definition) is 8. The van der Waals surface area contributed by atoms with Gasteiger partial charge in [-0.1, -0.05) is 43.3 Å². The van der Waals surface area contributed by atoms with E-state index in [1.54, 1.807) is 13.1 Å². The second kappa shape index (κ2) is 7.13. The number of nitrogens with zero attached hydrogens (tertiary/aromatic N) is 6. The summed E-state index contributed by atoms with van der Waals surface area (Å²) in [4.78, 5) is 12.2. The molecule has 0 saturated carbocycles. The fourth-order valence-corrected chi connectivity index (χ4v) is 2.26. The van der Waals surface area contributed by atoms with E-state index in [2.05, 4.69) is 49.6 Å². The topological polar surface area (TPSA) is 137 Å². The van der Waals surface area contributed by atoms with Gasteiger partial charge in [0.1, 0.15) is 0 Å². The standard InChI is InChI=1S/C16H18N8O2/c1-9(2)12-6-4-11(5-7-12)8-18-20-16(25)13-10(3)24(23-19-13)15-14(17)21-26-22-15/h4-9H,1-3H3,(H2,17,21)(H,20,25)/b18-8-. The van der Waals surface area contributed by atoms with E-state index in [1.165, 1.54) is 10.2 Å². The zero-order valence-electron chi connectivity index (χ0n) is 14.5. The first-order valence-corrected chi connectivity index (χ1v) is 7.91. The van der Waals surface area contributed by atoms with Gasteiger partial charge in [-0.25, -0.2) is 10.1 Å². The van der Waals surface area contributed by atoms with E-state index in [0.717, 1.165) is 5.56 Å². The SMILES string of the molecule is Cc1c(C(=O)N/N=C\c2ccc(C(C)C)cc2)nnn1-c1nonc1N. The summed E-state index contributed by atoms with van der Waals surface area (Å²) in [7, 11) is 0. The van der Waals surface area contributed by atoms with Gasteiger partial charge in [0.05, 0.1) is 11.9 Å². The molecule has 0 radical (unpaired) electrons. The lowest BCUT2D eigenvalue weighted by Gasteiger charge is -2.04. The van der Waals surface area contributed by atoms with Crippen molar-refractivity contribution in [1.82, 2.24) is 30.7 Å². The van der Waals surface area contributed by atoms with Crippen LogP contribution in [0.5, 0.6) is 0 Å². The Labute approximate surface area is 149 Å². The number of rotatable bonds is 5. The largest absolute Gasteiger partial charge is 0.378 e. The van der Waals surface area contributed by atoms with Gasteiger partial charge in [-0.15, -0.1) is 5.10 Å². The van der Waals surface area contributed by atoms with Gasteiger partial charge >= 0.3 is 0 Å². The summed E-state index contributed by atoms with van der Waals surface area (Å²) in [5.74, 6) is 0.176. The van der Waals surface area contributed by atoms with Crippen molar-refractivity contribution < 1.29 is 9.42 Å². The van der Waals surface area contributed by atoms with Gasteiger partial charge in [-0.3, -0.25) is 4.79 Å². The normalized spacial score (nSPS) is 11.4. The Hall–Kier alpha value is -3.56. The van der Waals surface area contributed by atoms with E-state index < -0.39 is 5.91 Å². The highest BCUT2D eigenvalue weighted by atomic mass is 16.6. The minimum absolute atomic E-state index is 0.0489. The lowest BCUT2D eigenvalue weighted by atomic mass is 10.0. The maximum atomic E-state index is 12.2. The van der Waals surface area contributed by atoms with Gasteiger partial charge in [-0.2, -0.15) is 9.78 Å². The third kappa shape index (κ3) is 3.43. The first-order valence-electron chi connectivity index (χ1n) is 7.91. The van der Waals surface area contributed by atoms with Crippen LogP contribution in [0, 0.1) is 6.92 Å². The maximum absolute atomic E-state index is 12.2. The molecule has 0 bridgehead atoms. The number of nitrogen functional groups attached to an aromatic ring is 1. The van der Waals surface area contributed by atoms with E-state index in [-0.39, 0.29) is 17.3 Å². The van der Waals surface area contributed by atoms with Crippen LogP contribution in [0.4, 0.5) is 5.82 Å². The van der Waals surface area contributed by atoms with Crippen molar-refractivity contribution in [2.75, 3.05) is 5.73 Å². The molecule has 3 aromatic rings. The van der Waals surface area contributed by atoms with E-state index in [9.17, 15) is 4.79 Å². The highest BCUT2D eigenvalue weighted by Crippen LogP contribution is 2.15. The van der Waals surface area contributed by atoms with Crippen molar-refractivity contribution >= 4 is 17.9 Å². The van der Waals surface area contributed by atoms with Gasteiger partial charge < -0.3 is 5.73 Å². The summed E-state index contributed by atoms with van der Waals surface area (Å²) >= 11 is 0. The average Bonchev–Trinajstić information content (AvgIpc) is 3.20. The quantitative estimate of drug-likeness (QED) is 0.522. The molecule has 0 saturated heterocycles. The highest BCUT2D eigenvalue weighted by Gasteiger charge is 2.20. The molecule has 26 heavy (non-hydrogen) atoms. The number of aromatic nitrogens is 5. The van der Waals surface area contributed by atoms with Crippen LogP contribution >= 0.6 is 0 Å². The maximum Gasteiger partial charge on any atom is 0.293 e. The lowest BCUT2D eigenvalue weighted by molar-refractivity contribution is 0.0949. The van der Waals surface area contributed by atoms with E-state index >= 15 is 0 Å². The number of carbonyl (C=O) groups is 1. The number of hydrogen-bond donors (Lipinski definition) is 2. The smallest absolute Gasteiger partial charge is 0.293 e. The molecule has 10 heteroatoms. The zero-order chi connectivity index (χ0) is 18.7. The molecule has 3 rings (SSSR count). The molecular formula is C16H18N8O2. The Bertz CT molecular complexity index is 940. The number of nitrogens with one attached hydrogen (secondary N) is 1. The Morgan fingerprint density at radius 1 is 1.31 bits per heavy atom. The molecule has 1 amide bonds. The van der Waals surface area contributed by atoms with E-state index in [1.807, 2.05) is 24.3 Å². The molecule has 0 fully saturated rings. The average molecular weight is 354 g/mol. The summed E-state index contributed by atoms with van der Waals surface area (Å²) in [5, 5.41) is 18.7. The third-order valence-electron chi connectivity index (χ3n) is 3.79. The third-order valence-corrected chi connectivity index (χ3v) is 3.79. The van der Waals surface area contributed by atoms with Crippen molar-refractivity contribution in [2.45, 2.75) is 26.7 Å². The molecule has 0 unspecified atom stereocenters. The number of anilines is 1. The van der Waals surface area contributed by atoms with Crippen molar-refractivity contribution in [3.8, 4) is 5.82 Å². The van der Waals surface area contributed by atoms with Gasteiger partial charge in [0.2, 0.25) is 11.6 Å². The molecule has 0 spiro atoms. The van der Waals surface area contributed by atoms with Crippen LogP contribution in [0.25, 0.3) is 5.82 Å². The van der Waals surface area contributed by atoms with Crippen molar-refractivity contribution in [1.29, 1.82) is 0 Å². The molecule has 0 aliphatic carbocycles. The lowest BCUT2D eigenvalue weighted by Crippen LogP contribution is -2.19. The summed E-state index contributed by atoms with van der Waals surface area (Å²) < 4.78 is 5.80. The molecule has 0 atom stereocenters. The fourth-order valence-electron chi connectivity index (χ4n) is 2.26. The summed E-state index contributed by atoms with van der Waals surface area (Å²) in [6.45, 7) is 5.90. The number of hydrazone groups is 1. The molecule has 134 valence electrons. The number of amides is 1. The van der Waals surface area contributed by atoms with Crippen LogP contribution in [0.3, 0.4) is 0 Å². The van der Waals surface area contributed by atoms with Crippen molar-refractivity contribution in [3.63, 3.8) is 0 Å². The van der Waals surface area contributed by atoms with Crippen LogP contribution in [0.1, 0.15) is 47.1 Å². The zero-order valence-corrected chi connectivity index (χ0v) is 14.5. The Morgan fingerprint density at radius 3 is 2.65 bits per heavy atom. The fraction of sp³-hybridized carbons (Fsp3) is 0.250. The van der Waals surface area contributed by atoms with Crippen LogP contribution < -0.4 is 11.2 Å². The van der Waals surface area contributed by atoms with Gasteiger partial charge in [0.25, 0.3) is 5.91 Å². The van der Waals surface area contributed by atoms with Gasteiger partial charge in [0.15, 0.2) is 5.69 Å². The Kier molecular flexibility index (Phi) is 4.74. The monoisotopic (exact) mass is 354 g/mol. The second-order valence-electron chi connectivity index (χ2n) is 5.93. The second-order valence-corrected chi connectivity index (χ2v) is 5.93. The minimum Gasteiger partial charge on any atom is -0.378 e. The van der Waals surface area contributed by atoms with Gasteiger partial charge in [-0.05, 0) is 34.3 Å². The number of nitrogens with two attached hydrogens (primary N) is 1. The molecule has 0 aliphatic rings. The van der Waals surface area contributed by atoms with E-state index in [4.69, 9.17) is 5.73 Å². The van der Waals surface area contributed by atoms with Crippen molar-refractivity contribution in [3.05, 3.63) is 46.8 Å². The molecular weight excluding hydrogens is 336 g/mol. The van der Waals surface area contributed by atoms with Crippen LogP contribution in [-0.4, -0.2) is 37.4 Å². The van der Waals surface area contributed by atoms with E-state index in [0.29, 0.717) is 11.6 Å². The predicted octanol–water partition coefficient (Wildman–Crippen LogP) is 1.43. The van der Waals surface area contributed by atoms with Crippen molar-refractivity contribution in [2.24, 2.45) is 5.10 Å². The van der Waals surface area contributed by atoms with Crippen LogP contribution in [-0.2, 0) is 0 Å². The molecule has 1 aromatic carbocycles. The molecule has 0 aliphatic heterocycles. The summed E-state index contributed by atoms with van der Waals surface area (Å²) in [6, 6.07) is 7.93. The molecule has 2 aromatic heterocycles. The Morgan fingerprint density at radius 2 is 2.04 bits per heavy atom. The summed E-state index contributed by atoms with van der Waals surface area (Å²) in [6.07, 6.45) is 1.56. The van der Waals surface area contributed by atoms with Gasteiger partial charge in [0, 0.05) is 0 Å². The first-order chi connectivity index (χ1) is 12.5. The number of carbonyl (C=O) groups excluding carboxylic acids is 1. The predicted molar refractivity (Wildman–Crippen MR) is 94.0 cm³/mol. The van der Waals surface area contributed by atoms with Crippen LogP contribution in [0.15, 0.2) is 34.0 Å². The Balaban J connectivity index is 1.69. The molecule has 2 heterocycles. The highest BCUT2D eigenvalue weighted by molar-refractivity contribution is 5.94. The minimum atomic E-state index is -0.501. The number of benzene rings is 1. The van der Waals surface area contributed by atoms with Crippen LogP contribution in [0.2, 0.25) is 0 Å². The summed E-state index contributed by atoms with van der Waals surface area (Å²) in [5.41, 5.74) is 10.7. The molecule has 3 N–H and O–H groups in total. The molecule has 10 nitrogen and oxygen atoms in total.